The van der Waals surface area contributed by atoms with Crippen molar-refractivity contribution in [1.82, 2.24) is 4.90 Å². The van der Waals surface area contributed by atoms with Crippen molar-refractivity contribution in [1.29, 1.82) is 0 Å². The molecule has 2 atom stereocenters. The van der Waals surface area contributed by atoms with Crippen molar-refractivity contribution in [2.75, 3.05) is 26.8 Å². The minimum Gasteiger partial charge on any atom is -0.484 e. The SMILES string of the molecule is COC1CCN(C(=O)COc2ccc(Cl)cc2)C(CN)C1.Cl. The Morgan fingerprint density at radius 2 is 2.09 bits per heavy atom. The molecule has 1 heterocycles. The molecule has 7 heteroatoms. The molecule has 5 nitrogen and oxygen atoms in total. The molecule has 1 saturated heterocycles. The van der Waals surface area contributed by atoms with Gasteiger partial charge >= 0.3 is 0 Å². The zero-order chi connectivity index (χ0) is 15.2. The summed E-state index contributed by atoms with van der Waals surface area (Å²) in [6, 6.07) is 6.97. The summed E-state index contributed by atoms with van der Waals surface area (Å²) >= 11 is 5.80. The Bertz CT molecular complexity index is 470. The zero-order valence-corrected chi connectivity index (χ0v) is 14.1. The maximum absolute atomic E-state index is 12.3. The van der Waals surface area contributed by atoms with Crippen molar-refractivity contribution in [3.63, 3.8) is 0 Å². The molecular weight excluding hydrogens is 327 g/mol. The van der Waals surface area contributed by atoms with E-state index in [0.717, 1.165) is 12.8 Å². The summed E-state index contributed by atoms with van der Waals surface area (Å²) in [4.78, 5) is 14.1. The van der Waals surface area contributed by atoms with E-state index in [0.29, 0.717) is 23.9 Å². The molecule has 2 rings (SSSR count). The standard InChI is InChI=1S/C15H21ClN2O3.ClH/c1-20-14-6-7-18(12(8-14)9-17)15(19)10-21-13-4-2-11(16)3-5-13;/h2-5,12,14H,6-10,17H2,1H3;1H. The fraction of sp³-hybridized carbons (Fsp3) is 0.533. The van der Waals surface area contributed by atoms with Crippen LogP contribution in [-0.2, 0) is 9.53 Å². The highest BCUT2D eigenvalue weighted by Crippen LogP contribution is 2.20. The minimum atomic E-state index is -0.0463. The van der Waals surface area contributed by atoms with Gasteiger partial charge in [-0.25, -0.2) is 0 Å². The third-order valence-electron chi connectivity index (χ3n) is 3.77. The van der Waals surface area contributed by atoms with Gasteiger partial charge in [-0.15, -0.1) is 12.4 Å². The number of amides is 1. The Kier molecular flexibility index (Phi) is 7.96. The molecule has 2 unspecified atom stereocenters. The van der Waals surface area contributed by atoms with Gasteiger partial charge in [-0.05, 0) is 37.1 Å². The molecule has 0 bridgehead atoms. The Morgan fingerprint density at radius 1 is 1.41 bits per heavy atom. The average molecular weight is 349 g/mol. The van der Waals surface area contributed by atoms with Crippen molar-refractivity contribution >= 4 is 29.9 Å². The van der Waals surface area contributed by atoms with Gasteiger partial charge in [0.25, 0.3) is 5.91 Å². The van der Waals surface area contributed by atoms with Gasteiger partial charge in [-0.1, -0.05) is 11.6 Å². The first-order chi connectivity index (χ1) is 10.1. The van der Waals surface area contributed by atoms with Gasteiger partial charge in [0, 0.05) is 31.3 Å². The number of hydrogen-bond donors (Lipinski definition) is 1. The van der Waals surface area contributed by atoms with Crippen LogP contribution >= 0.6 is 24.0 Å². The average Bonchev–Trinajstić information content (AvgIpc) is 2.53. The second-order valence-corrected chi connectivity index (χ2v) is 5.54. The van der Waals surface area contributed by atoms with Gasteiger partial charge in [0.15, 0.2) is 6.61 Å². The second kappa shape index (κ2) is 9.20. The molecule has 1 aromatic carbocycles. The molecule has 1 aliphatic rings. The molecule has 1 aromatic rings. The molecule has 0 aliphatic carbocycles. The number of benzene rings is 1. The summed E-state index contributed by atoms with van der Waals surface area (Å²) in [5.74, 6) is 0.582. The van der Waals surface area contributed by atoms with Crippen LogP contribution in [0.4, 0.5) is 0 Å². The number of carbonyl (C=O) groups is 1. The van der Waals surface area contributed by atoms with E-state index >= 15 is 0 Å². The highest BCUT2D eigenvalue weighted by molar-refractivity contribution is 6.30. The van der Waals surface area contributed by atoms with E-state index < -0.39 is 0 Å². The first kappa shape index (κ1) is 19.0. The summed E-state index contributed by atoms with van der Waals surface area (Å²) in [6.07, 6.45) is 1.79. The molecule has 0 aromatic heterocycles. The molecule has 0 spiro atoms. The topological polar surface area (TPSA) is 64.8 Å². The number of rotatable bonds is 5. The molecule has 124 valence electrons. The number of halogens is 2. The fourth-order valence-electron chi connectivity index (χ4n) is 2.54. The lowest BCUT2D eigenvalue weighted by Gasteiger charge is -2.38. The number of carbonyl (C=O) groups excluding carboxylic acids is 1. The number of ether oxygens (including phenoxy) is 2. The number of methoxy groups -OCH3 is 1. The van der Waals surface area contributed by atoms with Crippen LogP contribution < -0.4 is 10.5 Å². The van der Waals surface area contributed by atoms with Crippen LogP contribution in [0.1, 0.15) is 12.8 Å². The largest absolute Gasteiger partial charge is 0.484 e. The number of hydrogen-bond acceptors (Lipinski definition) is 4. The highest BCUT2D eigenvalue weighted by Gasteiger charge is 2.30. The monoisotopic (exact) mass is 348 g/mol. The molecule has 22 heavy (non-hydrogen) atoms. The maximum Gasteiger partial charge on any atom is 0.260 e. The van der Waals surface area contributed by atoms with Crippen molar-refractivity contribution in [3.8, 4) is 5.75 Å². The predicted octanol–water partition coefficient (Wildman–Crippen LogP) is 2.11. The summed E-state index contributed by atoms with van der Waals surface area (Å²) in [6.45, 7) is 1.10. The van der Waals surface area contributed by atoms with E-state index in [4.69, 9.17) is 26.8 Å². The molecule has 1 amide bonds. The lowest BCUT2D eigenvalue weighted by atomic mass is 9.99. The first-order valence-corrected chi connectivity index (χ1v) is 7.42. The van der Waals surface area contributed by atoms with Crippen LogP contribution in [0.3, 0.4) is 0 Å². The summed E-state index contributed by atoms with van der Waals surface area (Å²) < 4.78 is 10.9. The number of nitrogens with zero attached hydrogens (tertiary/aromatic N) is 1. The van der Waals surface area contributed by atoms with Crippen LogP contribution in [0.25, 0.3) is 0 Å². The summed E-state index contributed by atoms with van der Waals surface area (Å²) in [5, 5.41) is 0.638. The van der Waals surface area contributed by atoms with Crippen molar-refractivity contribution in [2.45, 2.75) is 25.0 Å². The van der Waals surface area contributed by atoms with Crippen LogP contribution in [0.2, 0.25) is 5.02 Å². The summed E-state index contributed by atoms with van der Waals surface area (Å²) in [7, 11) is 1.69. The highest BCUT2D eigenvalue weighted by atomic mass is 35.5. The van der Waals surface area contributed by atoms with Crippen molar-refractivity contribution in [3.05, 3.63) is 29.3 Å². The van der Waals surface area contributed by atoms with Crippen LogP contribution in [-0.4, -0.2) is 49.8 Å². The van der Waals surface area contributed by atoms with Crippen LogP contribution in [0, 0.1) is 0 Å². The lowest BCUT2D eigenvalue weighted by Crippen LogP contribution is -2.52. The van der Waals surface area contributed by atoms with E-state index in [-0.39, 0.29) is 37.1 Å². The normalized spacial score (nSPS) is 21.1. The molecular formula is C15H22Cl2N2O3. The second-order valence-electron chi connectivity index (χ2n) is 5.10. The Labute approximate surface area is 142 Å². The van der Waals surface area contributed by atoms with E-state index in [1.165, 1.54) is 0 Å². The third kappa shape index (κ3) is 5.02. The van der Waals surface area contributed by atoms with Crippen molar-refractivity contribution in [2.24, 2.45) is 5.73 Å². The van der Waals surface area contributed by atoms with Gasteiger partial charge in [-0.3, -0.25) is 4.79 Å². The van der Waals surface area contributed by atoms with Gasteiger partial charge in [0.1, 0.15) is 5.75 Å². The third-order valence-corrected chi connectivity index (χ3v) is 4.02. The smallest absolute Gasteiger partial charge is 0.260 e. The van der Waals surface area contributed by atoms with Gasteiger partial charge in [-0.2, -0.15) is 0 Å². The van der Waals surface area contributed by atoms with E-state index in [2.05, 4.69) is 0 Å². The molecule has 0 saturated carbocycles. The Balaban J connectivity index is 0.00000242. The number of nitrogens with two attached hydrogens (primary N) is 1. The lowest BCUT2D eigenvalue weighted by molar-refractivity contribution is -0.139. The zero-order valence-electron chi connectivity index (χ0n) is 12.5. The fourth-order valence-corrected chi connectivity index (χ4v) is 2.66. The van der Waals surface area contributed by atoms with E-state index in [1.54, 1.807) is 36.3 Å². The van der Waals surface area contributed by atoms with Gasteiger partial charge in [0.05, 0.1) is 6.10 Å². The molecule has 2 N–H and O–H groups in total. The number of likely N-dealkylation sites (tertiary alicyclic amines) is 1. The molecule has 1 fully saturated rings. The minimum absolute atomic E-state index is 0. The summed E-state index contributed by atoms with van der Waals surface area (Å²) in [5.41, 5.74) is 5.77. The Morgan fingerprint density at radius 3 is 2.68 bits per heavy atom. The van der Waals surface area contributed by atoms with Gasteiger partial charge in [0.2, 0.25) is 0 Å². The first-order valence-electron chi connectivity index (χ1n) is 7.04. The Hall–Kier alpha value is -1.01. The van der Waals surface area contributed by atoms with Crippen LogP contribution in [0.5, 0.6) is 5.75 Å². The molecule has 1 aliphatic heterocycles. The van der Waals surface area contributed by atoms with E-state index in [9.17, 15) is 4.79 Å². The predicted molar refractivity (Wildman–Crippen MR) is 88.8 cm³/mol. The van der Waals surface area contributed by atoms with Crippen molar-refractivity contribution < 1.29 is 14.3 Å². The molecule has 0 radical (unpaired) electrons. The van der Waals surface area contributed by atoms with E-state index in [1.807, 2.05) is 0 Å². The quantitative estimate of drug-likeness (QED) is 0.884. The van der Waals surface area contributed by atoms with Gasteiger partial charge < -0.3 is 20.1 Å². The number of piperidine rings is 1. The maximum atomic E-state index is 12.3. The van der Waals surface area contributed by atoms with Crippen LogP contribution in [0.15, 0.2) is 24.3 Å².